The van der Waals surface area contributed by atoms with Crippen molar-refractivity contribution in [3.63, 3.8) is 0 Å². The maximum absolute atomic E-state index is 12.8. The smallest absolute Gasteiger partial charge is 0.182 e. The minimum absolute atomic E-state index is 0.136. The molecule has 0 saturated heterocycles. The van der Waals surface area contributed by atoms with Crippen molar-refractivity contribution in [3.8, 4) is 0 Å². The number of aryl methyl sites for hydroxylation is 1. The van der Waals surface area contributed by atoms with Gasteiger partial charge in [-0.3, -0.25) is 0 Å². The zero-order valence-electron chi connectivity index (χ0n) is 12.1. The van der Waals surface area contributed by atoms with Gasteiger partial charge in [-0.25, -0.2) is 8.42 Å². The summed E-state index contributed by atoms with van der Waals surface area (Å²) >= 11 is 5.88. The monoisotopic (exact) mass is 336 g/mol. The molecule has 0 aromatic heterocycles. The number of halogens is 1. The third-order valence-corrected chi connectivity index (χ3v) is 6.81. The van der Waals surface area contributed by atoms with Gasteiger partial charge in [-0.05, 0) is 36.8 Å². The second-order valence-corrected chi connectivity index (χ2v) is 8.29. The second-order valence-electron chi connectivity index (χ2n) is 5.75. The summed E-state index contributed by atoms with van der Waals surface area (Å²) in [4.78, 5) is 0.318. The molecule has 2 aromatic carbocycles. The van der Waals surface area contributed by atoms with Crippen molar-refractivity contribution in [2.75, 3.05) is 6.61 Å². The molecule has 0 amide bonds. The number of aliphatic hydroxyl groups is 1. The van der Waals surface area contributed by atoms with E-state index in [1.807, 2.05) is 19.1 Å². The van der Waals surface area contributed by atoms with Crippen LogP contribution in [0.5, 0.6) is 0 Å². The third-order valence-electron chi connectivity index (χ3n) is 4.27. The van der Waals surface area contributed by atoms with Crippen LogP contribution in [0.25, 0.3) is 0 Å². The second kappa shape index (κ2) is 5.69. The summed E-state index contributed by atoms with van der Waals surface area (Å²) in [5.74, 6) is -0.430. The Morgan fingerprint density at radius 2 is 1.64 bits per heavy atom. The van der Waals surface area contributed by atoms with E-state index in [0.29, 0.717) is 9.92 Å². The van der Waals surface area contributed by atoms with Crippen LogP contribution < -0.4 is 0 Å². The normalized spacial score (nSPS) is 24.2. The molecule has 0 aliphatic heterocycles. The molecule has 5 heteroatoms. The lowest BCUT2D eigenvalue weighted by atomic mass is 10.1. The fourth-order valence-electron chi connectivity index (χ4n) is 2.99. The third kappa shape index (κ3) is 2.67. The van der Waals surface area contributed by atoms with Crippen LogP contribution in [0, 0.1) is 12.8 Å². The van der Waals surface area contributed by atoms with Gasteiger partial charge in [-0.2, -0.15) is 0 Å². The van der Waals surface area contributed by atoms with E-state index in [1.54, 1.807) is 36.4 Å². The molecule has 3 atom stereocenters. The Morgan fingerprint density at radius 3 is 2.18 bits per heavy atom. The summed E-state index contributed by atoms with van der Waals surface area (Å²) in [5.41, 5.74) is 1.92. The Hall–Kier alpha value is -1.36. The van der Waals surface area contributed by atoms with Crippen LogP contribution >= 0.6 is 11.6 Å². The van der Waals surface area contributed by atoms with Crippen molar-refractivity contribution >= 4 is 21.4 Å². The fourth-order valence-corrected chi connectivity index (χ4v) is 5.32. The average Bonchev–Trinajstić information content (AvgIpc) is 3.24. The van der Waals surface area contributed by atoms with E-state index < -0.39 is 15.1 Å². The number of benzene rings is 2. The first kappa shape index (κ1) is 15.5. The Balaban J connectivity index is 1.93. The number of sulfone groups is 1. The van der Waals surface area contributed by atoms with Gasteiger partial charge < -0.3 is 5.11 Å². The Bertz CT molecular complexity index is 767. The van der Waals surface area contributed by atoms with Gasteiger partial charge in [0.05, 0.1) is 10.1 Å². The van der Waals surface area contributed by atoms with Crippen molar-refractivity contribution < 1.29 is 13.5 Å². The van der Waals surface area contributed by atoms with E-state index in [4.69, 9.17) is 11.6 Å². The molecule has 1 fully saturated rings. The molecule has 1 aliphatic rings. The molecule has 3 rings (SSSR count). The van der Waals surface area contributed by atoms with E-state index in [0.717, 1.165) is 11.1 Å². The molecule has 0 spiro atoms. The molecular weight excluding hydrogens is 320 g/mol. The average molecular weight is 337 g/mol. The summed E-state index contributed by atoms with van der Waals surface area (Å²) in [6, 6.07) is 14.0. The maximum atomic E-state index is 12.8. The van der Waals surface area contributed by atoms with Gasteiger partial charge >= 0.3 is 0 Å². The number of rotatable bonds is 4. The lowest BCUT2D eigenvalue weighted by molar-refractivity contribution is 0.274. The Morgan fingerprint density at radius 1 is 1.05 bits per heavy atom. The summed E-state index contributed by atoms with van der Waals surface area (Å²) in [6.07, 6.45) is 0. The number of hydrogen-bond donors (Lipinski definition) is 1. The highest BCUT2D eigenvalue weighted by molar-refractivity contribution is 7.92. The van der Waals surface area contributed by atoms with E-state index >= 15 is 0 Å². The quantitative estimate of drug-likeness (QED) is 0.932. The molecule has 1 aliphatic carbocycles. The van der Waals surface area contributed by atoms with Crippen LogP contribution in [0.15, 0.2) is 53.4 Å². The molecule has 22 heavy (non-hydrogen) atoms. The minimum atomic E-state index is -3.44. The molecule has 1 N–H and O–H groups in total. The summed E-state index contributed by atoms with van der Waals surface area (Å²) in [5, 5.41) is 9.57. The van der Waals surface area contributed by atoms with Gasteiger partial charge in [0.15, 0.2) is 9.84 Å². The SMILES string of the molecule is Cc1ccc(S(=O)(=O)[C@@H]2[C@@H](CO)[C@@H]2c2ccc(Cl)cc2)cc1. The topological polar surface area (TPSA) is 54.4 Å². The van der Waals surface area contributed by atoms with Gasteiger partial charge in [-0.1, -0.05) is 41.4 Å². The first-order valence-electron chi connectivity index (χ1n) is 7.12. The maximum Gasteiger partial charge on any atom is 0.182 e. The minimum Gasteiger partial charge on any atom is -0.396 e. The van der Waals surface area contributed by atoms with E-state index in [-0.39, 0.29) is 18.4 Å². The molecule has 0 unspecified atom stereocenters. The van der Waals surface area contributed by atoms with Crippen LogP contribution in [-0.2, 0) is 9.84 Å². The van der Waals surface area contributed by atoms with Gasteiger partial charge in [-0.15, -0.1) is 0 Å². The molecule has 116 valence electrons. The zero-order valence-corrected chi connectivity index (χ0v) is 13.7. The molecule has 0 radical (unpaired) electrons. The van der Waals surface area contributed by atoms with Crippen molar-refractivity contribution in [2.45, 2.75) is 23.0 Å². The standard InChI is InChI=1S/C17H17ClO3S/c1-11-2-8-14(9-3-11)22(20,21)17-15(10-19)16(17)12-4-6-13(18)7-5-12/h2-9,15-17,19H,10H2,1H3/t15-,16-,17+/m0/s1. The molecule has 2 aromatic rings. The molecule has 1 saturated carbocycles. The predicted octanol–water partition coefficient (Wildman–Crippen LogP) is 3.20. The van der Waals surface area contributed by atoms with Crippen molar-refractivity contribution in [2.24, 2.45) is 5.92 Å². The van der Waals surface area contributed by atoms with Gasteiger partial charge in [0.2, 0.25) is 0 Å². The largest absolute Gasteiger partial charge is 0.396 e. The van der Waals surface area contributed by atoms with Gasteiger partial charge in [0, 0.05) is 23.5 Å². The highest BCUT2D eigenvalue weighted by atomic mass is 35.5. The Labute approximate surface area is 135 Å². The lowest BCUT2D eigenvalue weighted by Gasteiger charge is -2.05. The molecule has 0 heterocycles. The molecule has 3 nitrogen and oxygen atoms in total. The summed E-state index contributed by atoms with van der Waals surface area (Å²) < 4.78 is 25.6. The van der Waals surface area contributed by atoms with Gasteiger partial charge in [0.1, 0.15) is 0 Å². The zero-order chi connectivity index (χ0) is 15.9. The van der Waals surface area contributed by atoms with E-state index in [2.05, 4.69) is 0 Å². The summed E-state index contributed by atoms with van der Waals surface area (Å²) in [7, 11) is -3.44. The van der Waals surface area contributed by atoms with Crippen molar-refractivity contribution in [1.82, 2.24) is 0 Å². The van der Waals surface area contributed by atoms with Crippen LogP contribution in [0.4, 0.5) is 0 Å². The van der Waals surface area contributed by atoms with Crippen LogP contribution in [0.1, 0.15) is 17.0 Å². The summed E-state index contributed by atoms with van der Waals surface area (Å²) in [6.45, 7) is 1.78. The van der Waals surface area contributed by atoms with Crippen LogP contribution in [-0.4, -0.2) is 25.4 Å². The molecular formula is C17H17ClO3S. The molecule has 0 bridgehead atoms. The highest BCUT2D eigenvalue weighted by Gasteiger charge is 2.58. The van der Waals surface area contributed by atoms with Crippen molar-refractivity contribution in [1.29, 1.82) is 0 Å². The predicted molar refractivity (Wildman–Crippen MR) is 86.9 cm³/mol. The fraction of sp³-hybridized carbons (Fsp3) is 0.294. The van der Waals surface area contributed by atoms with Gasteiger partial charge in [0.25, 0.3) is 0 Å². The number of aliphatic hydroxyl groups excluding tert-OH is 1. The first-order chi connectivity index (χ1) is 10.4. The van der Waals surface area contributed by atoms with Crippen LogP contribution in [0.3, 0.4) is 0 Å². The van der Waals surface area contributed by atoms with Crippen LogP contribution in [0.2, 0.25) is 5.02 Å². The number of hydrogen-bond acceptors (Lipinski definition) is 3. The lowest BCUT2D eigenvalue weighted by Crippen LogP contribution is -2.11. The van der Waals surface area contributed by atoms with Crippen molar-refractivity contribution in [3.05, 3.63) is 64.7 Å². The highest BCUT2D eigenvalue weighted by Crippen LogP contribution is 2.53. The first-order valence-corrected chi connectivity index (χ1v) is 9.04. The van der Waals surface area contributed by atoms with E-state index in [1.165, 1.54) is 0 Å². The van der Waals surface area contributed by atoms with E-state index in [9.17, 15) is 13.5 Å². The Kier molecular flexibility index (Phi) is 4.02.